The highest BCUT2D eigenvalue weighted by Crippen LogP contribution is 2.23. The summed E-state index contributed by atoms with van der Waals surface area (Å²) in [7, 11) is -3.92. The van der Waals surface area contributed by atoms with Gasteiger partial charge in [0, 0.05) is 17.0 Å². The summed E-state index contributed by atoms with van der Waals surface area (Å²) in [6.45, 7) is 5.20. The molecule has 0 spiro atoms. The standard InChI is InChI=1S/C27H29ClN3O.CH4O3S/c1-22-7-5-6-10-26(22)27(32-20-23-8-3-2-4-9-23)19-31-18-17-30(21-31)16-15-29-25-13-11-24(28)12-14-25;1-5(2,3)4/h2-14,17-18,21,27,29H,15-16,19-20H2,1H3;1H3,(H,2,3,4)/q+1;/p-1. The summed E-state index contributed by atoms with van der Waals surface area (Å²) in [5.74, 6) is 0. The van der Waals surface area contributed by atoms with E-state index < -0.39 is 10.1 Å². The molecule has 0 fully saturated rings. The molecule has 1 unspecified atom stereocenters. The van der Waals surface area contributed by atoms with Crippen LogP contribution < -0.4 is 9.88 Å². The lowest BCUT2D eigenvalue weighted by molar-refractivity contribution is -0.704. The molecular formula is C28H32ClN3O4S. The van der Waals surface area contributed by atoms with Gasteiger partial charge in [-0.3, -0.25) is 0 Å². The van der Waals surface area contributed by atoms with E-state index in [4.69, 9.17) is 29.3 Å². The number of nitrogens with one attached hydrogen (secondary N) is 1. The Morgan fingerprint density at radius 1 is 1.03 bits per heavy atom. The molecule has 9 heteroatoms. The van der Waals surface area contributed by atoms with E-state index in [1.54, 1.807) is 0 Å². The lowest BCUT2D eigenvalue weighted by atomic mass is 10.0. The van der Waals surface area contributed by atoms with Gasteiger partial charge in [0.25, 0.3) is 0 Å². The molecule has 1 heterocycles. The van der Waals surface area contributed by atoms with Crippen molar-refractivity contribution in [2.75, 3.05) is 18.1 Å². The number of aryl methyl sites for hydroxylation is 1. The minimum atomic E-state index is -3.92. The van der Waals surface area contributed by atoms with Crippen molar-refractivity contribution in [3.8, 4) is 0 Å². The van der Waals surface area contributed by atoms with Gasteiger partial charge in [-0.1, -0.05) is 66.2 Å². The number of ether oxygens (including phenoxy) is 1. The van der Waals surface area contributed by atoms with E-state index in [9.17, 15) is 0 Å². The number of imidazole rings is 1. The highest BCUT2D eigenvalue weighted by Gasteiger charge is 2.18. The summed E-state index contributed by atoms with van der Waals surface area (Å²) in [6.07, 6.45) is 6.94. The van der Waals surface area contributed by atoms with Crippen molar-refractivity contribution in [1.29, 1.82) is 0 Å². The van der Waals surface area contributed by atoms with Crippen molar-refractivity contribution in [1.82, 2.24) is 4.57 Å². The average molecular weight is 542 g/mol. The normalized spacial score (nSPS) is 11.9. The van der Waals surface area contributed by atoms with Gasteiger partial charge in [-0.05, 0) is 47.9 Å². The van der Waals surface area contributed by atoms with Crippen LogP contribution in [-0.4, -0.2) is 30.3 Å². The maximum Gasteiger partial charge on any atom is 0.243 e. The lowest BCUT2D eigenvalue weighted by Crippen LogP contribution is -2.35. The minimum Gasteiger partial charge on any atom is -0.748 e. The number of hydrogen-bond donors (Lipinski definition) is 1. The SMILES string of the molecule is CS(=O)(=O)[O-].Cc1ccccc1C(C[n+]1ccn(CCNc2ccc(Cl)cc2)c1)OCc1ccccc1. The number of aromatic nitrogens is 2. The fourth-order valence-corrected chi connectivity index (χ4v) is 3.85. The van der Waals surface area contributed by atoms with Crippen LogP contribution in [-0.2, 0) is 34.6 Å². The molecule has 0 aliphatic carbocycles. The monoisotopic (exact) mass is 541 g/mol. The molecule has 1 aromatic heterocycles. The number of anilines is 1. The quantitative estimate of drug-likeness (QED) is 0.226. The van der Waals surface area contributed by atoms with E-state index in [2.05, 4.69) is 88.6 Å². The molecular weight excluding hydrogens is 510 g/mol. The van der Waals surface area contributed by atoms with Crippen molar-refractivity contribution in [2.45, 2.75) is 32.7 Å². The molecule has 1 N–H and O–H groups in total. The zero-order chi connectivity index (χ0) is 26.7. The van der Waals surface area contributed by atoms with Crippen LogP contribution in [0.1, 0.15) is 22.8 Å². The van der Waals surface area contributed by atoms with Crippen molar-refractivity contribution < 1.29 is 22.3 Å². The van der Waals surface area contributed by atoms with Crippen LogP contribution in [0.3, 0.4) is 0 Å². The van der Waals surface area contributed by atoms with Crippen LogP contribution in [0.15, 0.2) is 97.6 Å². The molecule has 0 radical (unpaired) electrons. The third-order valence-corrected chi connectivity index (χ3v) is 5.75. The predicted octanol–water partition coefficient (Wildman–Crippen LogP) is 4.97. The van der Waals surface area contributed by atoms with Crippen LogP contribution in [0.4, 0.5) is 5.69 Å². The van der Waals surface area contributed by atoms with Gasteiger partial charge < -0.3 is 14.6 Å². The summed E-state index contributed by atoms with van der Waals surface area (Å²) < 4.78 is 38.0. The topological polar surface area (TPSA) is 87.3 Å². The van der Waals surface area contributed by atoms with E-state index in [1.807, 2.05) is 30.3 Å². The van der Waals surface area contributed by atoms with E-state index in [0.29, 0.717) is 12.9 Å². The number of halogens is 1. The zero-order valence-electron chi connectivity index (χ0n) is 21.0. The minimum absolute atomic E-state index is 0.0237. The highest BCUT2D eigenvalue weighted by molar-refractivity contribution is 7.84. The van der Waals surface area contributed by atoms with E-state index >= 15 is 0 Å². The van der Waals surface area contributed by atoms with Gasteiger partial charge in [0.15, 0.2) is 0 Å². The number of rotatable bonds is 10. The van der Waals surface area contributed by atoms with E-state index in [0.717, 1.165) is 30.3 Å². The molecule has 196 valence electrons. The largest absolute Gasteiger partial charge is 0.748 e. The van der Waals surface area contributed by atoms with Gasteiger partial charge in [0.2, 0.25) is 6.33 Å². The number of benzene rings is 3. The summed E-state index contributed by atoms with van der Waals surface area (Å²) in [6, 6.07) is 26.6. The second-order valence-corrected chi connectivity index (χ2v) is 10.5. The summed E-state index contributed by atoms with van der Waals surface area (Å²) in [5, 5.41) is 4.18. The molecule has 0 aliphatic heterocycles. The first-order valence-electron chi connectivity index (χ1n) is 11.8. The van der Waals surface area contributed by atoms with Crippen molar-refractivity contribution in [3.05, 3.63) is 119 Å². The second kappa shape index (κ2) is 13.9. The molecule has 0 amide bonds. The van der Waals surface area contributed by atoms with Crippen LogP contribution in [0, 0.1) is 6.92 Å². The van der Waals surface area contributed by atoms with Crippen LogP contribution in [0.2, 0.25) is 5.02 Å². The Morgan fingerprint density at radius 3 is 2.35 bits per heavy atom. The highest BCUT2D eigenvalue weighted by atomic mass is 35.5. The Kier molecular flexibility index (Phi) is 10.7. The molecule has 0 bridgehead atoms. The molecule has 3 aromatic carbocycles. The van der Waals surface area contributed by atoms with Gasteiger partial charge in [-0.15, -0.1) is 0 Å². The summed E-state index contributed by atoms with van der Waals surface area (Å²) >= 11 is 5.95. The molecule has 1 atom stereocenters. The molecule has 0 aliphatic rings. The first-order valence-corrected chi connectivity index (χ1v) is 14.0. The molecule has 37 heavy (non-hydrogen) atoms. The van der Waals surface area contributed by atoms with Crippen LogP contribution in [0.25, 0.3) is 0 Å². The maximum absolute atomic E-state index is 9.08. The zero-order valence-corrected chi connectivity index (χ0v) is 22.5. The first-order chi connectivity index (χ1) is 17.7. The molecule has 0 saturated carbocycles. The van der Waals surface area contributed by atoms with E-state index in [-0.39, 0.29) is 6.10 Å². The first kappa shape index (κ1) is 28.4. The van der Waals surface area contributed by atoms with Crippen molar-refractivity contribution >= 4 is 27.4 Å². The van der Waals surface area contributed by atoms with Gasteiger partial charge in [-0.2, -0.15) is 0 Å². The lowest BCUT2D eigenvalue weighted by Gasteiger charge is -2.19. The molecule has 4 aromatic rings. The Labute approximate surface area is 224 Å². The Hall–Kier alpha value is -3.17. The van der Waals surface area contributed by atoms with Gasteiger partial charge >= 0.3 is 0 Å². The van der Waals surface area contributed by atoms with Gasteiger partial charge in [-0.25, -0.2) is 17.6 Å². The molecule has 0 saturated heterocycles. The molecule has 4 rings (SSSR count). The number of nitrogens with zero attached hydrogens (tertiary/aromatic N) is 2. The van der Waals surface area contributed by atoms with Crippen molar-refractivity contribution in [2.24, 2.45) is 0 Å². The van der Waals surface area contributed by atoms with E-state index in [1.165, 1.54) is 16.7 Å². The summed E-state index contributed by atoms with van der Waals surface area (Å²) in [4.78, 5) is 0. The van der Waals surface area contributed by atoms with Crippen LogP contribution in [0.5, 0.6) is 0 Å². The molecule has 7 nitrogen and oxygen atoms in total. The van der Waals surface area contributed by atoms with Gasteiger partial charge in [0.05, 0.1) is 23.3 Å². The average Bonchev–Trinajstić information content (AvgIpc) is 3.30. The predicted molar refractivity (Wildman–Crippen MR) is 145 cm³/mol. The van der Waals surface area contributed by atoms with Gasteiger partial charge in [0.1, 0.15) is 31.6 Å². The van der Waals surface area contributed by atoms with Crippen LogP contribution >= 0.6 is 11.6 Å². The number of hydrogen-bond acceptors (Lipinski definition) is 5. The summed E-state index contributed by atoms with van der Waals surface area (Å²) in [5.41, 5.74) is 4.73. The van der Waals surface area contributed by atoms with Crippen molar-refractivity contribution in [3.63, 3.8) is 0 Å². The fourth-order valence-electron chi connectivity index (χ4n) is 3.73. The fraction of sp³-hybridized carbons (Fsp3) is 0.250. The second-order valence-electron chi connectivity index (χ2n) is 8.63. The third-order valence-electron chi connectivity index (χ3n) is 5.50. The smallest absolute Gasteiger partial charge is 0.243 e. The maximum atomic E-state index is 9.08. The Balaban J connectivity index is 0.000000695. The Morgan fingerprint density at radius 2 is 1.68 bits per heavy atom. The Bertz CT molecular complexity index is 1340. The third kappa shape index (κ3) is 10.8.